The zero-order chi connectivity index (χ0) is 10.9. The molecule has 0 bridgehead atoms. The van der Waals surface area contributed by atoms with Gasteiger partial charge in [-0.15, -0.1) is 0 Å². The molecule has 0 N–H and O–H groups in total. The predicted molar refractivity (Wildman–Crippen MR) is 60.4 cm³/mol. The molecule has 0 aromatic rings. The molecule has 0 aliphatic rings. The molecule has 84 valence electrons. The summed E-state index contributed by atoms with van der Waals surface area (Å²) in [7, 11) is 1.59. The van der Waals surface area contributed by atoms with Crippen molar-refractivity contribution in [2.75, 3.05) is 20.8 Å². The van der Waals surface area contributed by atoms with Crippen molar-refractivity contribution in [2.45, 2.75) is 31.9 Å². The van der Waals surface area contributed by atoms with Crippen molar-refractivity contribution in [3.63, 3.8) is 0 Å². The van der Waals surface area contributed by atoms with E-state index in [-0.39, 0.29) is 0 Å². The van der Waals surface area contributed by atoms with Crippen LogP contribution in [0.1, 0.15) is 19.8 Å². The van der Waals surface area contributed by atoms with E-state index in [0.717, 1.165) is 24.9 Å². The van der Waals surface area contributed by atoms with Gasteiger partial charge in [-0.1, -0.05) is 19.9 Å². The first kappa shape index (κ1) is 13.7. The van der Waals surface area contributed by atoms with E-state index in [1.54, 1.807) is 14.2 Å². The van der Waals surface area contributed by atoms with E-state index < -0.39 is 8.56 Å². The van der Waals surface area contributed by atoms with Gasteiger partial charge in [0.1, 0.15) is 0 Å². The van der Waals surface area contributed by atoms with Crippen LogP contribution in [0.25, 0.3) is 0 Å². The number of rotatable bonds is 9. The van der Waals surface area contributed by atoms with Crippen LogP contribution in [-0.2, 0) is 13.6 Å². The zero-order valence-corrected chi connectivity index (χ0v) is 10.5. The number of ether oxygens (including phenoxy) is 1. The lowest BCUT2D eigenvalue weighted by atomic mass is 10.5. The molecule has 3 nitrogen and oxygen atoms in total. The van der Waals surface area contributed by atoms with Crippen LogP contribution in [0.2, 0.25) is 12.1 Å². The van der Waals surface area contributed by atoms with E-state index in [9.17, 15) is 0 Å². The summed E-state index contributed by atoms with van der Waals surface area (Å²) in [5, 5.41) is 0. The van der Waals surface area contributed by atoms with Crippen LogP contribution in [0.15, 0.2) is 12.8 Å². The summed E-state index contributed by atoms with van der Waals surface area (Å²) in [6.45, 7) is 6.35. The molecule has 0 spiro atoms. The van der Waals surface area contributed by atoms with Crippen LogP contribution in [0.5, 0.6) is 0 Å². The van der Waals surface area contributed by atoms with Gasteiger partial charge in [0.15, 0.2) is 0 Å². The Labute approximate surface area is 88.3 Å². The fraction of sp³-hybridized carbons (Fsp3) is 0.800. The molecule has 4 heteroatoms. The smallest absolute Gasteiger partial charge is 0.337 e. The molecule has 0 unspecified atom stereocenters. The summed E-state index contributed by atoms with van der Waals surface area (Å²) in [5.41, 5.74) is 0. The average molecular weight is 218 g/mol. The number of hydrogen-bond acceptors (Lipinski definition) is 3. The summed E-state index contributed by atoms with van der Waals surface area (Å²) >= 11 is 0. The van der Waals surface area contributed by atoms with E-state index >= 15 is 0 Å². The lowest BCUT2D eigenvalue weighted by molar-refractivity contribution is 0.221. The van der Waals surface area contributed by atoms with Gasteiger partial charge in [0.05, 0.1) is 12.9 Å². The summed E-state index contributed by atoms with van der Waals surface area (Å²) in [4.78, 5) is 0. The molecule has 0 heterocycles. The number of hydrogen-bond donors (Lipinski definition) is 0. The van der Waals surface area contributed by atoms with Gasteiger partial charge in [-0.2, -0.15) is 0 Å². The summed E-state index contributed by atoms with van der Waals surface area (Å²) in [5.74, 6) is 0. The molecule has 0 aromatic carbocycles. The van der Waals surface area contributed by atoms with Gasteiger partial charge < -0.3 is 13.6 Å². The van der Waals surface area contributed by atoms with E-state index in [0.29, 0.717) is 6.61 Å². The van der Waals surface area contributed by atoms with Gasteiger partial charge >= 0.3 is 8.56 Å². The van der Waals surface area contributed by atoms with Gasteiger partial charge in [0.25, 0.3) is 0 Å². The van der Waals surface area contributed by atoms with Gasteiger partial charge in [-0.3, -0.25) is 0 Å². The molecule has 0 amide bonds. The Morgan fingerprint density at radius 2 is 1.86 bits per heavy atom. The SMILES string of the molecule is C=COCCC[Si](CCC)(OC)OC. The van der Waals surface area contributed by atoms with Gasteiger partial charge in [0, 0.05) is 14.2 Å². The fourth-order valence-electron chi connectivity index (χ4n) is 1.51. The maximum atomic E-state index is 5.54. The minimum Gasteiger partial charge on any atom is -0.502 e. The van der Waals surface area contributed by atoms with Crippen molar-refractivity contribution in [1.29, 1.82) is 0 Å². The molecule has 0 rings (SSSR count). The Morgan fingerprint density at radius 3 is 2.29 bits per heavy atom. The quantitative estimate of drug-likeness (QED) is 0.338. The highest BCUT2D eigenvalue weighted by atomic mass is 28.4. The maximum absolute atomic E-state index is 5.54. The first-order valence-electron chi connectivity index (χ1n) is 5.07. The van der Waals surface area contributed by atoms with E-state index in [1.165, 1.54) is 6.26 Å². The molecule has 0 atom stereocenters. The van der Waals surface area contributed by atoms with E-state index in [1.807, 2.05) is 0 Å². The third kappa shape index (κ3) is 4.79. The van der Waals surface area contributed by atoms with E-state index in [4.69, 9.17) is 13.6 Å². The van der Waals surface area contributed by atoms with Crippen LogP contribution in [0.4, 0.5) is 0 Å². The van der Waals surface area contributed by atoms with Crippen molar-refractivity contribution in [1.82, 2.24) is 0 Å². The summed E-state index contributed by atoms with van der Waals surface area (Å²) in [6.07, 6.45) is 3.55. The Kier molecular flexibility index (Phi) is 7.84. The topological polar surface area (TPSA) is 27.7 Å². The van der Waals surface area contributed by atoms with Crippen LogP contribution in [0, 0.1) is 0 Å². The fourth-order valence-corrected chi connectivity index (χ4v) is 4.18. The molecule has 0 saturated heterocycles. The van der Waals surface area contributed by atoms with Crippen LogP contribution in [-0.4, -0.2) is 29.4 Å². The zero-order valence-electron chi connectivity index (χ0n) is 9.54. The second kappa shape index (κ2) is 8.02. The molecule has 14 heavy (non-hydrogen) atoms. The van der Waals surface area contributed by atoms with Gasteiger partial charge in [-0.05, 0) is 18.5 Å². The van der Waals surface area contributed by atoms with Crippen LogP contribution < -0.4 is 0 Å². The highest BCUT2D eigenvalue weighted by Crippen LogP contribution is 2.21. The van der Waals surface area contributed by atoms with Crippen molar-refractivity contribution in [3.8, 4) is 0 Å². The second-order valence-electron chi connectivity index (χ2n) is 3.21. The lowest BCUT2D eigenvalue weighted by Gasteiger charge is -2.26. The van der Waals surface area contributed by atoms with Crippen molar-refractivity contribution in [2.24, 2.45) is 0 Å². The first-order chi connectivity index (χ1) is 6.74. The molecule has 0 radical (unpaired) electrons. The lowest BCUT2D eigenvalue weighted by Crippen LogP contribution is -2.39. The van der Waals surface area contributed by atoms with Crippen molar-refractivity contribution in [3.05, 3.63) is 12.8 Å². The highest BCUT2D eigenvalue weighted by Gasteiger charge is 2.33. The Morgan fingerprint density at radius 1 is 1.21 bits per heavy atom. The van der Waals surface area contributed by atoms with Gasteiger partial charge in [-0.25, -0.2) is 0 Å². The van der Waals surface area contributed by atoms with E-state index in [2.05, 4.69) is 13.5 Å². The second-order valence-corrected chi connectivity index (χ2v) is 6.85. The molecule has 0 aliphatic heterocycles. The molecule has 0 aromatic heterocycles. The third-order valence-corrected chi connectivity index (χ3v) is 6.18. The normalized spacial score (nSPS) is 11.4. The van der Waals surface area contributed by atoms with Crippen molar-refractivity contribution >= 4 is 8.56 Å². The maximum Gasteiger partial charge on any atom is 0.337 e. The highest BCUT2D eigenvalue weighted by molar-refractivity contribution is 6.67. The van der Waals surface area contributed by atoms with Crippen LogP contribution >= 0.6 is 0 Å². The monoisotopic (exact) mass is 218 g/mol. The van der Waals surface area contributed by atoms with Crippen LogP contribution in [0.3, 0.4) is 0 Å². The molecular formula is C10H22O3Si. The minimum absolute atomic E-state index is 0.703. The third-order valence-electron chi connectivity index (χ3n) is 2.31. The molecular weight excluding hydrogens is 196 g/mol. The minimum atomic E-state index is -1.91. The summed E-state index contributed by atoms with van der Waals surface area (Å²) in [6, 6.07) is 2.04. The standard InChI is InChI=1S/C10H22O3Si/c1-5-9-14(11-3,12-4)10-7-8-13-6-2/h6H,2,5,7-10H2,1,3-4H3. The first-order valence-corrected chi connectivity index (χ1v) is 7.30. The largest absolute Gasteiger partial charge is 0.502 e. The molecule has 0 aliphatic carbocycles. The molecule has 0 saturated carbocycles. The Balaban J connectivity index is 3.87. The predicted octanol–water partition coefficient (Wildman–Crippen LogP) is 2.68. The van der Waals surface area contributed by atoms with Gasteiger partial charge in [0.2, 0.25) is 0 Å². The molecule has 0 fully saturated rings. The Bertz CT molecular complexity index is 146. The summed E-state index contributed by atoms with van der Waals surface area (Å²) < 4.78 is 16.2. The average Bonchev–Trinajstić information content (AvgIpc) is 2.23. The van der Waals surface area contributed by atoms with Crippen molar-refractivity contribution < 1.29 is 13.6 Å². The Hall–Kier alpha value is -0.323.